The molecule has 21 heavy (non-hydrogen) atoms. The Morgan fingerprint density at radius 3 is 2.71 bits per heavy atom. The van der Waals surface area contributed by atoms with Crippen molar-refractivity contribution in [3.63, 3.8) is 0 Å². The van der Waals surface area contributed by atoms with Crippen LogP contribution < -0.4 is 5.73 Å². The number of benzene rings is 1. The zero-order valence-electron chi connectivity index (χ0n) is 12.5. The van der Waals surface area contributed by atoms with Crippen molar-refractivity contribution in [2.75, 3.05) is 6.54 Å². The lowest BCUT2D eigenvalue weighted by molar-refractivity contribution is -0.134. The largest absolute Gasteiger partial charge is 0.409 e. The molecule has 1 aromatic carbocycles. The highest BCUT2D eigenvalue weighted by molar-refractivity contribution is 5.97. The Hall–Kier alpha value is -2.04. The third-order valence-corrected chi connectivity index (χ3v) is 4.13. The van der Waals surface area contributed by atoms with E-state index in [9.17, 15) is 4.79 Å². The lowest BCUT2D eigenvalue weighted by Crippen LogP contribution is -2.44. The van der Waals surface area contributed by atoms with Crippen molar-refractivity contribution in [2.24, 2.45) is 10.9 Å². The van der Waals surface area contributed by atoms with Gasteiger partial charge in [0.15, 0.2) is 5.84 Å². The second-order valence-electron chi connectivity index (χ2n) is 5.50. The van der Waals surface area contributed by atoms with E-state index in [1.54, 1.807) is 12.1 Å². The molecule has 1 fully saturated rings. The number of amidine groups is 1. The van der Waals surface area contributed by atoms with E-state index in [4.69, 9.17) is 10.9 Å². The molecule has 0 aliphatic carbocycles. The zero-order valence-corrected chi connectivity index (χ0v) is 12.5. The van der Waals surface area contributed by atoms with Crippen LogP contribution in [0, 0.1) is 0 Å². The first-order valence-electron chi connectivity index (χ1n) is 7.52. The number of carbonyl (C=O) groups excluding carboxylic acids is 1. The predicted octanol–water partition coefficient (Wildman–Crippen LogP) is 2.11. The summed E-state index contributed by atoms with van der Waals surface area (Å²) < 4.78 is 0. The Labute approximate surface area is 125 Å². The molecule has 3 N–H and O–H groups in total. The van der Waals surface area contributed by atoms with Gasteiger partial charge in [0.1, 0.15) is 0 Å². The number of likely N-dealkylation sites (tertiary alicyclic amines) is 1. The SMILES string of the molecule is CCC1CCCCN1C(=O)Cc1ccc(C(N)=NO)cc1. The summed E-state index contributed by atoms with van der Waals surface area (Å²) in [6.45, 7) is 3.02. The van der Waals surface area contributed by atoms with Crippen LogP contribution >= 0.6 is 0 Å². The quantitative estimate of drug-likeness (QED) is 0.385. The van der Waals surface area contributed by atoms with Crippen molar-refractivity contribution in [3.8, 4) is 0 Å². The van der Waals surface area contributed by atoms with Crippen molar-refractivity contribution >= 4 is 11.7 Å². The molecule has 1 heterocycles. The van der Waals surface area contributed by atoms with Gasteiger partial charge in [0.2, 0.25) is 5.91 Å². The molecule has 0 spiro atoms. The fraction of sp³-hybridized carbons (Fsp3) is 0.500. The van der Waals surface area contributed by atoms with E-state index in [0.29, 0.717) is 18.0 Å². The lowest BCUT2D eigenvalue weighted by atomic mass is 9.98. The van der Waals surface area contributed by atoms with Gasteiger partial charge in [-0.05, 0) is 31.2 Å². The van der Waals surface area contributed by atoms with Gasteiger partial charge in [0.25, 0.3) is 0 Å². The molecule has 2 rings (SSSR count). The molecule has 1 aromatic rings. The topological polar surface area (TPSA) is 78.9 Å². The maximum atomic E-state index is 12.4. The molecule has 1 aliphatic rings. The number of carbonyl (C=O) groups is 1. The number of nitrogens with zero attached hydrogens (tertiary/aromatic N) is 2. The first-order chi connectivity index (χ1) is 10.2. The van der Waals surface area contributed by atoms with Crippen LogP contribution in [-0.2, 0) is 11.2 Å². The molecule has 1 atom stereocenters. The molecule has 0 radical (unpaired) electrons. The van der Waals surface area contributed by atoms with Gasteiger partial charge in [0.05, 0.1) is 6.42 Å². The summed E-state index contributed by atoms with van der Waals surface area (Å²) in [6, 6.07) is 7.64. The van der Waals surface area contributed by atoms with Gasteiger partial charge >= 0.3 is 0 Å². The summed E-state index contributed by atoms with van der Waals surface area (Å²) in [5.74, 6) is 0.271. The number of rotatable bonds is 4. The number of piperidine rings is 1. The van der Waals surface area contributed by atoms with E-state index in [2.05, 4.69) is 12.1 Å². The third-order valence-electron chi connectivity index (χ3n) is 4.13. The van der Waals surface area contributed by atoms with Gasteiger partial charge in [-0.2, -0.15) is 0 Å². The molecular weight excluding hydrogens is 266 g/mol. The number of hydrogen-bond acceptors (Lipinski definition) is 3. The third kappa shape index (κ3) is 3.74. The Morgan fingerprint density at radius 1 is 1.38 bits per heavy atom. The summed E-state index contributed by atoms with van der Waals surface area (Å²) in [4.78, 5) is 14.5. The maximum absolute atomic E-state index is 12.4. The predicted molar refractivity (Wildman–Crippen MR) is 82.3 cm³/mol. The fourth-order valence-corrected chi connectivity index (χ4v) is 2.88. The van der Waals surface area contributed by atoms with E-state index < -0.39 is 0 Å². The zero-order chi connectivity index (χ0) is 15.2. The van der Waals surface area contributed by atoms with E-state index in [1.165, 1.54) is 6.42 Å². The molecule has 5 heteroatoms. The second-order valence-corrected chi connectivity index (χ2v) is 5.50. The molecule has 1 saturated heterocycles. The van der Waals surface area contributed by atoms with Crippen molar-refractivity contribution in [1.82, 2.24) is 4.90 Å². The second kappa shape index (κ2) is 7.11. The van der Waals surface area contributed by atoms with Gasteiger partial charge in [-0.15, -0.1) is 0 Å². The van der Waals surface area contributed by atoms with Gasteiger partial charge in [0, 0.05) is 18.2 Å². The Balaban J connectivity index is 2.02. The van der Waals surface area contributed by atoms with Crippen LogP contribution in [0.2, 0.25) is 0 Å². The first kappa shape index (κ1) is 15.4. The average molecular weight is 289 g/mol. The van der Waals surface area contributed by atoms with Crippen LogP contribution in [0.15, 0.2) is 29.4 Å². The maximum Gasteiger partial charge on any atom is 0.227 e. The minimum Gasteiger partial charge on any atom is -0.409 e. The summed E-state index contributed by atoms with van der Waals surface area (Å²) in [7, 11) is 0. The summed E-state index contributed by atoms with van der Waals surface area (Å²) in [5, 5.41) is 11.6. The Kier molecular flexibility index (Phi) is 5.20. The lowest BCUT2D eigenvalue weighted by Gasteiger charge is -2.35. The van der Waals surface area contributed by atoms with Crippen LogP contribution in [0.25, 0.3) is 0 Å². The highest BCUT2D eigenvalue weighted by atomic mass is 16.4. The Morgan fingerprint density at radius 2 is 2.10 bits per heavy atom. The molecule has 0 bridgehead atoms. The van der Waals surface area contributed by atoms with Crippen LogP contribution in [0.5, 0.6) is 0 Å². The fourth-order valence-electron chi connectivity index (χ4n) is 2.88. The normalized spacial score (nSPS) is 19.6. The molecule has 1 unspecified atom stereocenters. The van der Waals surface area contributed by atoms with Crippen molar-refractivity contribution in [1.29, 1.82) is 0 Å². The summed E-state index contributed by atoms with van der Waals surface area (Å²) >= 11 is 0. The molecule has 5 nitrogen and oxygen atoms in total. The molecule has 0 saturated carbocycles. The van der Waals surface area contributed by atoms with Crippen molar-refractivity contribution in [3.05, 3.63) is 35.4 Å². The minimum absolute atomic E-state index is 0.0787. The van der Waals surface area contributed by atoms with Gasteiger partial charge in [-0.1, -0.05) is 36.3 Å². The van der Waals surface area contributed by atoms with E-state index >= 15 is 0 Å². The van der Waals surface area contributed by atoms with Crippen molar-refractivity contribution < 1.29 is 10.0 Å². The van der Waals surface area contributed by atoms with Crippen LogP contribution in [0.4, 0.5) is 0 Å². The summed E-state index contributed by atoms with van der Waals surface area (Å²) in [6.07, 6.45) is 4.87. The molecular formula is C16H23N3O2. The Bertz CT molecular complexity index is 511. The minimum atomic E-state index is 0.0787. The number of oxime groups is 1. The van der Waals surface area contributed by atoms with E-state index in [-0.39, 0.29) is 11.7 Å². The van der Waals surface area contributed by atoms with Gasteiger partial charge in [-0.25, -0.2) is 0 Å². The van der Waals surface area contributed by atoms with E-state index in [1.807, 2.05) is 17.0 Å². The number of nitrogens with two attached hydrogens (primary N) is 1. The molecule has 0 aromatic heterocycles. The van der Waals surface area contributed by atoms with Gasteiger partial charge in [-0.3, -0.25) is 4.79 Å². The highest BCUT2D eigenvalue weighted by Gasteiger charge is 2.24. The summed E-state index contributed by atoms with van der Waals surface area (Å²) in [5.41, 5.74) is 7.13. The average Bonchev–Trinajstić information content (AvgIpc) is 2.54. The number of amides is 1. The van der Waals surface area contributed by atoms with Crippen molar-refractivity contribution in [2.45, 2.75) is 45.1 Å². The van der Waals surface area contributed by atoms with Crippen LogP contribution in [0.3, 0.4) is 0 Å². The monoisotopic (exact) mass is 289 g/mol. The number of hydrogen-bond donors (Lipinski definition) is 2. The smallest absolute Gasteiger partial charge is 0.227 e. The van der Waals surface area contributed by atoms with Gasteiger partial charge < -0.3 is 15.8 Å². The molecule has 1 amide bonds. The van der Waals surface area contributed by atoms with Crippen LogP contribution in [0.1, 0.15) is 43.7 Å². The first-order valence-corrected chi connectivity index (χ1v) is 7.52. The standard InChI is InChI=1S/C16H23N3O2/c1-2-14-5-3-4-10-19(14)15(20)11-12-6-8-13(9-7-12)16(17)18-21/h6-9,14,21H,2-5,10-11H2,1H3,(H2,17,18). The molecule has 1 aliphatic heterocycles. The van der Waals surface area contributed by atoms with E-state index in [0.717, 1.165) is 31.4 Å². The molecule has 114 valence electrons. The van der Waals surface area contributed by atoms with Crippen LogP contribution in [-0.4, -0.2) is 34.4 Å². The highest BCUT2D eigenvalue weighted by Crippen LogP contribution is 2.20.